The summed E-state index contributed by atoms with van der Waals surface area (Å²) in [6.45, 7) is 1.41. The molecule has 23 heavy (non-hydrogen) atoms. The number of anilines is 1. The average Bonchev–Trinajstić information content (AvgIpc) is 2.57. The summed E-state index contributed by atoms with van der Waals surface area (Å²) in [7, 11) is 0. The van der Waals surface area contributed by atoms with Crippen LogP contribution in [0.25, 0.3) is 0 Å². The highest BCUT2D eigenvalue weighted by Gasteiger charge is 2.01. The fraction of sp³-hybridized carbons (Fsp3) is 0.278. The molecule has 0 aliphatic heterocycles. The molecule has 0 aliphatic carbocycles. The summed E-state index contributed by atoms with van der Waals surface area (Å²) >= 11 is 0. The van der Waals surface area contributed by atoms with Crippen molar-refractivity contribution in [1.82, 2.24) is 5.32 Å². The Morgan fingerprint density at radius 2 is 1.74 bits per heavy atom. The van der Waals surface area contributed by atoms with E-state index in [1.54, 1.807) is 0 Å². The monoisotopic (exact) mass is 314 g/mol. The maximum atomic E-state index is 11.6. The van der Waals surface area contributed by atoms with E-state index in [1.165, 1.54) is 0 Å². The van der Waals surface area contributed by atoms with Crippen LogP contribution in [0.2, 0.25) is 0 Å². The largest absolute Gasteiger partial charge is 0.491 e. The van der Waals surface area contributed by atoms with Gasteiger partial charge in [-0.1, -0.05) is 30.3 Å². The predicted octanol–water partition coefficient (Wildman–Crippen LogP) is 2.02. The van der Waals surface area contributed by atoms with E-state index < -0.39 is 0 Å². The van der Waals surface area contributed by atoms with Crippen molar-refractivity contribution in [2.75, 3.05) is 32.1 Å². The molecule has 0 aliphatic rings. The quantitative estimate of drug-likeness (QED) is 0.548. The number of nitrogens with one attached hydrogen (secondary N) is 1. The fourth-order valence-corrected chi connectivity index (χ4v) is 1.98. The second-order valence-electron chi connectivity index (χ2n) is 5.06. The van der Waals surface area contributed by atoms with Crippen LogP contribution in [-0.2, 0) is 16.0 Å². The topological polar surface area (TPSA) is 73.6 Å². The number of rotatable bonds is 9. The summed E-state index contributed by atoms with van der Waals surface area (Å²) in [6.07, 6.45) is 0.767. The maximum absolute atomic E-state index is 11.6. The molecule has 122 valence electrons. The van der Waals surface area contributed by atoms with E-state index in [-0.39, 0.29) is 12.5 Å². The smallest absolute Gasteiger partial charge is 0.246 e. The standard InChI is InChI=1S/C18H22N2O3/c19-16-8-6-15(7-9-16)10-11-20-18(21)14-22-12-13-23-17-4-2-1-3-5-17/h1-9H,10-14,19H2,(H,20,21). The van der Waals surface area contributed by atoms with Crippen LogP contribution in [0.4, 0.5) is 5.69 Å². The Bertz CT molecular complexity index is 585. The first-order chi connectivity index (χ1) is 11.2. The Labute approximate surface area is 136 Å². The summed E-state index contributed by atoms with van der Waals surface area (Å²) in [5.74, 6) is 0.671. The summed E-state index contributed by atoms with van der Waals surface area (Å²) in [5.41, 5.74) is 7.50. The number of hydrogen-bond donors (Lipinski definition) is 2. The number of hydrogen-bond acceptors (Lipinski definition) is 4. The normalized spacial score (nSPS) is 10.3. The van der Waals surface area contributed by atoms with Crippen molar-refractivity contribution >= 4 is 11.6 Å². The molecule has 0 heterocycles. The van der Waals surface area contributed by atoms with E-state index in [0.717, 1.165) is 23.4 Å². The molecule has 0 fully saturated rings. The number of nitrogen functional groups attached to an aromatic ring is 1. The molecule has 0 unspecified atom stereocenters. The molecule has 0 atom stereocenters. The zero-order valence-corrected chi connectivity index (χ0v) is 13.0. The Morgan fingerprint density at radius 1 is 1.00 bits per heavy atom. The number of ether oxygens (including phenoxy) is 2. The third kappa shape index (κ3) is 6.84. The van der Waals surface area contributed by atoms with Gasteiger partial charge in [-0.25, -0.2) is 0 Å². The first-order valence-electron chi connectivity index (χ1n) is 7.61. The van der Waals surface area contributed by atoms with Crippen LogP contribution < -0.4 is 15.8 Å². The summed E-state index contributed by atoms with van der Waals surface area (Å²) in [4.78, 5) is 11.6. The lowest BCUT2D eigenvalue weighted by Gasteiger charge is -2.08. The van der Waals surface area contributed by atoms with Crippen LogP contribution in [0.5, 0.6) is 5.75 Å². The first kappa shape index (κ1) is 16.8. The molecule has 2 aromatic carbocycles. The lowest BCUT2D eigenvalue weighted by atomic mass is 10.1. The van der Waals surface area contributed by atoms with Gasteiger partial charge in [0.1, 0.15) is 19.0 Å². The second kappa shape index (κ2) is 9.48. The number of carbonyl (C=O) groups is 1. The van der Waals surface area contributed by atoms with Gasteiger partial charge in [-0.2, -0.15) is 0 Å². The van der Waals surface area contributed by atoms with Crippen LogP contribution in [0.3, 0.4) is 0 Å². The van der Waals surface area contributed by atoms with Gasteiger partial charge in [0.25, 0.3) is 0 Å². The second-order valence-corrected chi connectivity index (χ2v) is 5.06. The van der Waals surface area contributed by atoms with Gasteiger partial charge < -0.3 is 20.5 Å². The van der Waals surface area contributed by atoms with Gasteiger partial charge in [-0.05, 0) is 36.2 Å². The molecular weight excluding hydrogens is 292 g/mol. The van der Waals surface area contributed by atoms with Gasteiger partial charge in [0, 0.05) is 12.2 Å². The lowest BCUT2D eigenvalue weighted by molar-refractivity contribution is -0.125. The molecule has 5 heteroatoms. The minimum absolute atomic E-state index is 0.0416. The van der Waals surface area contributed by atoms with Gasteiger partial charge in [0.05, 0.1) is 6.61 Å². The highest BCUT2D eigenvalue weighted by molar-refractivity contribution is 5.77. The molecule has 0 saturated carbocycles. The SMILES string of the molecule is Nc1ccc(CCNC(=O)COCCOc2ccccc2)cc1. The van der Waals surface area contributed by atoms with E-state index in [2.05, 4.69) is 5.32 Å². The lowest BCUT2D eigenvalue weighted by Crippen LogP contribution is -2.30. The van der Waals surface area contributed by atoms with Crippen LogP contribution in [0, 0.1) is 0 Å². The minimum atomic E-state index is -0.125. The third-order valence-corrected chi connectivity index (χ3v) is 3.19. The van der Waals surface area contributed by atoms with Crippen LogP contribution in [0.15, 0.2) is 54.6 Å². The van der Waals surface area contributed by atoms with Crippen molar-refractivity contribution in [2.24, 2.45) is 0 Å². The highest BCUT2D eigenvalue weighted by atomic mass is 16.5. The van der Waals surface area contributed by atoms with Crippen LogP contribution in [-0.4, -0.2) is 32.3 Å². The van der Waals surface area contributed by atoms with E-state index in [4.69, 9.17) is 15.2 Å². The van der Waals surface area contributed by atoms with Gasteiger partial charge in [0.2, 0.25) is 5.91 Å². The van der Waals surface area contributed by atoms with Gasteiger partial charge >= 0.3 is 0 Å². The molecule has 0 radical (unpaired) electrons. The molecule has 5 nitrogen and oxygen atoms in total. The number of benzene rings is 2. The summed E-state index contributed by atoms with van der Waals surface area (Å²) in [5, 5.41) is 2.82. The van der Waals surface area contributed by atoms with Crippen molar-refractivity contribution in [3.63, 3.8) is 0 Å². The number of nitrogens with two attached hydrogens (primary N) is 1. The highest BCUT2D eigenvalue weighted by Crippen LogP contribution is 2.07. The van der Waals surface area contributed by atoms with Crippen molar-refractivity contribution < 1.29 is 14.3 Å². The van der Waals surface area contributed by atoms with Crippen molar-refractivity contribution in [2.45, 2.75) is 6.42 Å². The van der Waals surface area contributed by atoms with Crippen LogP contribution >= 0.6 is 0 Å². The van der Waals surface area contributed by atoms with E-state index >= 15 is 0 Å². The summed E-state index contributed by atoms with van der Waals surface area (Å²) < 4.78 is 10.8. The van der Waals surface area contributed by atoms with Crippen molar-refractivity contribution in [1.29, 1.82) is 0 Å². The Kier molecular flexibility index (Phi) is 6.94. The molecule has 0 bridgehead atoms. The molecule has 2 rings (SSSR count). The van der Waals surface area contributed by atoms with E-state index in [9.17, 15) is 4.79 Å². The zero-order valence-electron chi connectivity index (χ0n) is 13.0. The molecular formula is C18H22N2O3. The average molecular weight is 314 g/mol. The van der Waals surface area contributed by atoms with E-state index in [1.807, 2.05) is 54.6 Å². The molecule has 0 spiro atoms. The maximum Gasteiger partial charge on any atom is 0.246 e. The number of para-hydroxylation sites is 1. The Balaban J connectivity index is 1.51. The predicted molar refractivity (Wildman–Crippen MR) is 90.3 cm³/mol. The molecule has 0 saturated heterocycles. The minimum Gasteiger partial charge on any atom is -0.491 e. The van der Waals surface area contributed by atoms with Crippen molar-refractivity contribution in [3.8, 4) is 5.75 Å². The van der Waals surface area contributed by atoms with Gasteiger partial charge in [-0.3, -0.25) is 4.79 Å². The molecule has 3 N–H and O–H groups in total. The number of amides is 1. The Hall–Kier alpha value is -2.53. The zero-order chi connectivity index (χ0) is 16.3. The van der Waals surface area contributed by atoms with Crippen molar-refractivity contribution in [3.05, 3.63) is 60.2 Å². The number of carbonyl (C=O) groups excluding carboxylic acids is 1. The van der Waals surface area contributed by atoms with Gasteiger partial charge in [0.15, 0.2) is 0 Å². The molecule has 1 amide bonds. The molecule has 0 aromatic heterocycles. The van der Waals surface area contributed by atoms with E-state index in [0.29, 0.717) is 19.8 Å². The third-order valence-electron chi connectivity index (χ3n) is 3.19. The summed E-state index contributed by atoms with van der Waals surface area (Å²) in [6, 6.07) is 17.1. The molecule has 2 aromatic rings. The fourth-order valence-electron chi connectivity index (χ4n) is 1.98. The Morgan fingerprint density at radius 3 is 2.48 bits per heavy atom. The van der Waals surface area contributed by atoms with Crippen LogP contribution in [0.1, 0.15) is 5.56 Å². The first-order valence-corrected chi connectivity index (χ1v) is 7.61. The van der Waals surface area contributed by atoms with Gasteiger partial charge in [-0.15, -0.1) is 0 Å².